The number of pyridine rings is 1. The number of carboxylic acids is 1. The van der Waals surface area contributed by atoms with E-state index in [9.17, 15) is 22.8 Å². The highest BCUT2D eigenvalue weighted by atomic mass is 35.5. The van der Waals surface area contributed by atoms with Crippen LogP contribution < -0.4 is 14.8 Å². The summed E-state index contributed by atoms with van der Waals surface area (Å²) in [6, 6.07) is 15.4. The van der Waals surface area contributed by atoms with Crippen LogP contribution in [0.3, 0.4) is 0 Å². The van der Waals surface area contributed by atoms with Crippen molar-refractivity contribution in [2.24, 2.45) is 5.92 Å². The molecule has 0 bridgehead atoms. The van der Waals surface area contributed by atoms with Crippen LogP contribution in [-0.4, -0.2) is 52.6 Å². The van der Waals surface area contributed by atoms with Gasteiger partial charge in [-0.15, -0.1) is 0 Å². The van der Waals surface area contributed by atoms with Gasteiger partial charge in [0.15, 0.2) is 5.69 Å². The maximum Gasteiger partial charge on any atom is 0.435 e. The van der Waals surface area contributed by atoms with E-state index in [2.05, 4.69) is 15.3 Å². The number of nitrogens with one attached hydrogen (secondary N) is 1. The fourth-order valence-corrected chi connectivity index (χ4v) is 7.70. The van der Waals surface area contributed by atoms with Crippen LogP contribution in [0.4, 0.5) is 13.2 Å². The van der Waals surface area contributed by atoms with Crippen LogP contribution in [-0.2, 0) is 41.6 Å². The number of fused-ring (bicyclic) bond motifs is 1. The zero-order chi connectivity index (χ0) is 37.0. The number of Topliss-reactive ketones (excluding diaryl/α,β-unsaturated/α-hetero) is 1. The summed E-state index contributed by atoms with van der Waals surface area (Å²) in [5, 5.41) is 12.9. The van der Waals surface area contributed by atoms with Crippen molar-refractivity contribution in [2.75, 3.05) is 20.8 Å². The lowest BCUT2D eigenvalue weighted by Crippen LogP contribution is -2.21. The third-order valence-electron chi connectivity index (χ3n) is 9.90. The van der Waals surface area contributed by atoms with Gasteiger partial charge in [-0.2, -0.15) is 13.2 Å². The predicted octanol–water partition coefficient (Wildman–Crippen LogP) is 8.03. The van der Waals surface area contributed by atoms with Gasteiger partial charge in [-0.3, -0.25) is 9.59 Å². The van der Waals surface area contributed by atoms with Crippen LogP contribution in [0.15, 0.2) is 48.5 Å². The van der Waals surface area contributed by atoms with Crippen molar-refractivity contribution >= 4 is 23.4 Å². The molecule has 2 aliphatic carbocycles. The summed E-state index contributed by atoms with van der Waals surface area (Å²) in [6.45, 7) is 1.30. The van der Waals surface area contributed by atoms with Crippen molar-refractivity contribution in [3.05, 3.63) is 87.3 Å². The average Bonchev–Trinajstić information content (AvgIpc) is 3.73. The predicted molar refractivity (Wildman–Crippen MR) is 190 cm³/mol. The SMILES string of the molecule is COc1nc(-c2cccc(-c3cccc4c3CC[C@@H]4Cc3nc(OC)c(CCCC(=O)O)nc3C(F)(F)F)c2Cl)ccc1CNC[C@@H]1CCC(=O)C1. The summed E-state index contributed by atoms with van der Waals surface area (Å²) in [5.74, 6) is -0.178. The molecule has 2 heterocycles. The van der Waals surface area contributed by atoms with Gasteiger partial charge in [0.2, 0.25) is 11.8 Å². The molecule has 0 spiro atoms. The Morgan fingerprint density at radius 1 is 0.942 bits per heavy atom. The molecule has 2 atom stereocenters. The second kappa shape index (κ2) is 16.0. The van der Waals surface area contributed by atoms with Gasteiger partial charge in [-0.25, -0.2) is 15.0 Å². The normalized spacial score (nSPS) is 17.0. The number of ether oxygens (including phenoxy) is 2. The highest BCUT2D eigenvalue weighted by molar-refractivity contribution is 6.36. The van der Waals surface area contributed by atoms with Crippen molar-refractivity contribution in [1.29, 1.82) is 0 Å². The molecule has 0 aliphatic heterocycles. The zero-order valence-electron chi connectivity index (χ0n) is 29.0. The molecule has 0 unspecified atom stereocenters. The Balaban J connectivity index is 1.25. The van der Waals surface area contributed by atoms with E-state index in [1.54, 1.807) is 7.11 Å². The largest absolute Gasteiger partial charge is 0.481 e. The molecule has 0 radical (unpaired) electrons. The van der Waals surface area contributed by atoms with Crippen LogP contribution in [0.25, 0.3) is 22.4 Å². The molecule has 0 saturated heterocycles. The minimum Gasteiger partial charge on any atom is -0.481 e. The molecular formula is C39H40ClF3N4O5. The molecule has 4 aromatic rings. The molecule has 9 nitrogen and oxygen atoms in total. The summed E-state index contributed by atoms with van der Waals surface area (Å²) >= 11 is 7.11. The Morgan fingerprint density at radius 2 is 1.69 bits per heavy atom. The highest BCUT2D eigenvalue weighted by Gasteiger charge is 2.39. The quantitative estimate of drug-likeness (QED) is 0.132. The standard InChI is InChI=1S/C39H40ClF3N4O5/c1-51-37-24(21-44-20-22-12-15-25(48)18-22)14-17-31(46-37)30-9-4-8-29(35(30)40)27-7-3-6-26-23(13-16-28(26)27)19-33-36(39(41,42)43)45-32(38(47-33)52-2)10-5-11-34(49)50/h3-4,6-9,14,17,22-23,44H,5,10-13,15-16,18-21H2,1-2H3,(H,49,50)/t22-,23-/m1/s1. The number of carbonyl (C=O) groups excluding carboxylic acids is 1. The summed E-state index contributed by atoms with van der Waals surface area (Å²) < 4.78 is 53.9. The monoisotopic (exact) mass is 736 g/mol. The van der Waals surface area contributed by atoms with Gasteiger partial charge in [-0.1, -0.05) is 54.1 Å². The topological polar surface area (TPSA) is 124 Å². The number of carbonyl (C=O) groups is 2. The van der Waals surface area contributed by atoms with Gasteiger partial charge in [0.05, 0.1) is 30.6 Å². The van der Waals surface area contributed by atoms with Crippen LogP contribution >= 0.6 is 11.6 Å². The number of aryl methyl sites for hydroxylation is 1. The number of aromatic nitrogens is 3. The molecule has 2 aromatic heterocycles. The minimum absolute atomic E-state index is 0.00152. The molecule has 0 amide bonds. The van der Waals surface area contributed by atoms with Crippen LogP contribution in [0.1, 0.15) is 78.2 Å². The second-order valence-corrected chi connectivity index (χ2v) is 13.7. The van der Waals surface area contributed by atoms with Crippen molar-refractivity contribution in [2.45, 2.75) is 76.4 Å². The number of alkyl halides is 3. The van der Waals surface area contributed by atoms with E-state index < -0.39 is 17.8 Å². The van der Waals surface area contributed by atoms with E-state index in [0.29, 0.717) is 66.1 Å². The number of nitrogens with zero attached hydrogens (tertiary/aromatic N) is 3. The van der Waals surface area contributed by atoms with Gasteiger partial charge in [0, 0.05) is 42.5 Å². The number of carboxylic acid groups (broad SMARTS) is 1. The molecule has 274 valence electrons. The first-order valence-electron chi connectivity index (χ1n) is 17.4. The Hall–Kier alpha value is -4.55. The number of rotatable bonds is 14. The number of methoxy groups -OCH3 is 2. The van der Waals surface area contributed by atoms with E-state index in [1.165, 1.54) is 7.11 Å². The lowest BCUT2D eigenvalue weighted by Gasteiger charge is -2.19. The first-order valence-corrected chi connectivity index (χ1v) is 17.7. The van der Waals surface area contributed by atoms with Crippen molar-refractivity contribution in [3.63, 3.8) is 0 Å². The van der Waals surface area contributed by atoms with Gasteiger partial charge < -0.3 is 19.9 Å². The lowest BCUT2D eigenvalue weighted by molar-refractivity contribution is -0.142. The van der Waals surface area contributed by atoms with Crippen molar-refractivity contribution in [3.8, 4) is 34.1 Å². The molecule has 1 fully saturated rings. The number of ketones is 1. The smallest absolute Gasteiger partial charge is 0.435 e. The lowest BCUT2D eigenvalue weighted by atomic mass is 9.91. The fraction of sp³-hybridized carbons (Fsp3) is 0.410. The molecule has 52 heavy (non-hydrogen) atoms. The minimum atomic E-state index is -4.75. The fourth-order valence-electron chi connectivity index (χ4n) is 7.37. The Morgan fingerprint density at radius 3 is 2.40 bits per heavy atom. The Labute approximate surface area is 305 Å². The molecule has 13 heteroatoms. The van der Waals surface area contributed by atoms with E-state index in [4.69, 9.17) is 31.2 Å². The molecule has 2 aromatic carbocycles. The molecule has 2 N–H and O–H groups in total. The molecular weight excluding hydrogens is 697 g/mol. The third-order valence-corrected chi connectivity index (χ3v) is 10.3. The van der Waals surface area contributed by atoms with Gasteiger partial charge in [-0.05, 0) is 79.7 Å². The highest BCUT2D eigenvalue weighted by Crippen LogP contribution is 2.45. The maximum absolute atomic E-state index is 14.3. The first kappa shape index (κ1) is 37.2. The second-order valence-electron chi connectivity index (χ2n) is 13.3. The van der Waals surface area contributed by atoms with E-state index in [1.807, 2.05) is 48.5 Å². The summed E-state index contributed by atoms with van der Waals surface area (Å²) in [6.07, 6.45) is -1.42. The summed E-state index contributed by atoms with van der Waals surface area (Å²) in [7, 11) is 2.89. The van der Waals surface area contributed by atoms with Crippen LogP contribution in [0.2, 0.25) is 5.02 Å². The van der Waals surface area contributed by atoms with Gasteiger partial charge in [0.1, 0.15) is 11.5 Å². The van der Waals surface area contributed by atoms with E-state index in [-0.39, 0.29) is 48.9 Å². The number of aliphatic carboxylic acids is 1. The molecule has 6 rings (SSSR count). The number of benzene rings is 2. The third kappa shape index (κ3) is 8.23. The van der Waals surface area contributed by atoms with Gasteiger partial charge in [0.25, 0.3) is 0 Å². The summed E-state index contributed by atoms with van der Waals surface area (Å²) in [5.41, 5.74) is 4.58. The zero-order valence-corrected chi connectivity index (χ0v) is 29.7. The molecule has 1 saturated carbocycles. The summed E-state index contributed by atoms with van der Waals surface area (Å²) in [4.78, 5) is 35.6. The number of hydrogen-bond donors (Lipinski definition) is 2. The Bertz CT molecular complexity index is 1970. The van der Waals surface area contributed by atoms with Crippen molar-refractivity contribution < 1.29 is 37.3 Å². The number of halogens is 4. The average molecular weight is 737 g/mol. The maximum atomic E-state index is 14.3. The van der Waals surface area contributed by atoms with Crippen LogP contribution in [0.5, 0.6) is 11.8 Å². The van der Waals surface area contributed by atoms with Crippen molar-refractivity contribution in [1.82, 2.24) is 20.3 Å². The number of hydrogen-bond acceptors (Lipinski definition) is 8. The first-order chi connectivity index (χ1) is 25.0. The molecule has 2 aliphatic rings. The Kier molecular flexibility index (Phi) is 11.4. The van der Waals surface area contributed by atoms with Crippen LogP contribution in [0, 0.1) is 5.92 Å². The van der Waals surface area contributed by atoms with E-state index in [0.717, 1.165) is 40.8 Å². The van der Waals surface area contributed by atoms with Gasteiger partial charge >= 0.3 is 12.1 Å². The van der Waals surface area contributed by atoms with E-state index >= 15 is 0 Å².